The predicted molar refractivity (Wildman–Crippen MR) is 81.4 cm³/mol. The molecule has 1 heterocycles. The smallest absolute Gasteiger partial charge is 0.157 e. The Morgan fingerprint density at radius 3 is 2.90 bits per heavy atom. The number of rotatable bonds is 8. The SMILES string of the molecule is C=CC(CNCc1ccccc1)COC1CCCCO1. The summed E-state index contributed by atoms with van der Waals surface area (Å²) in [7, 11) is 0. The van der Waals surface area contributed by atoms with E-state index in [-0.39, 0.29) is 6.29 Å². The molecule has 0 bridgehead atoms. The lowest BCUT2D eigenvalue weighted by Gasteiger charge is -2.24. The van der Waals surface area contributed by atoms with Crippen LogP contribution in [0.4, 0.5) is 0 Å². The first kappa shape index (κ1) is 15.2. The first-order valence-electron chi connectivity index (χ1n) is 7.49. The molecular weight excluding hydrogens is 250 g/mol. The van der Waals surface area contributed by atoms with Crippen molar-refractivity contribution >= 4 is 0 Å². The van der Waals surface area contributed by atoms with Crippen molar-refractivity contribution in [1.82, 2.24) is 5.32 Å². The minimum Gasteiger partial charge on any atom is -0.353 e. The molecule has 0 aliphatic carbocycles. The highest BCUT2D eigenvalue weighted by Crippen LogP contribution is 2.14. The van der Waals surface area contributed by atoms with Crippen LogP contribution in [0.25, 0.3) is 0 Å². The highest BCUT2D eigenvalue weighted by molar-refractivity contribution is 5.14. The van der Waals surface area contributed by atoms with Crippen molar-refractivity contribution in [2.24, 2.45) is 5.92 Å². The summed E-state index contributed by atoms with van der Waals surface area (Å²) in [4.78, 5) is 0. The van der Waals surface area contributed by atoms with Gasteiger partial charge in [0, 0.05) is 25.6 Å². The molecule has 1 aromatic carbocycles. The van der Waals surface area contributed by atoms with Gasteiger partial charge < -0.3 is 14.8 Å². The molecule has 0 aromatic heterocycles. The fraction of sp³-hybridized carbons (Fsp3) is 0.529. The van der Waals surface area contributed by atoms with Crippen molar-refractivity contribution in [3.63, 3.8) is 0 Å². The maximum atomic E-state index is 5.81. The molecule has 1 aliphatic heterocycles. The third-order valence-electron chi connectivity index (χ3n) is 3.55. The van der Waals surface area contributed by atoms with Crippen LogP contribution in [0.15, 0.2) is 43.0 Å². The first-order chi connectivity index (χ1) is 9.88. The summed E-state index contributed by atoms with van der Waals surface area (Å²) in [6, 6.07) is 10.4. The van der Waals surface area contributed by atoms with E-state index in [9.17, 15) is 0 Å². The monoisotopic (exact) mass is 275 g/mol. The van der Waals surface area contributed by atoms with Gasteiger partial charge in [-0.25, -0.2) is 0 Å². The average molecular weight is 275 g/mol. The van der Waals surface area contributed by atoms with Crippen LogP contribution in [-0.4, -0.2) is 26.0 Å². The highest BCUT2D eigenvalue weighted by atomic mass is 16.7. The van der Waals surface area contributed by atoms with Crippen molar-refractivity contribution in [3.05, 3.63) is 48.6 Å². The van der Waals surface area contributed by atoms with Gasteiger partial charge in [-0.15, -0.1) is 6.58 Å². The third kappa shape index (κ3) is 5.45. The summed E-state index contributed by atoms with van der Waals surface area (Å²) in [5.74, 6) is 0.323. The lowest BCUT2D eigenvalue weighted by molar-refractivity contribution is -0.166. The Morgan fingerprint density at radius 1 is 1.35 bits per heavy atom. The molecule has 1 N–H and O–H groups in total. The highest BCUT2D eigenvalue weighted by Gasteiger charge is 2.15. The molecule has 2 unspecified atom stereocenters. The number of benzene rings is 1. The third-order valence-corrected chi connectivity index (χ3v) is 3.55. The Labute approximate surface area is 122 Å². The van der Waals surface area contributed by atoms with Crippen LogP contribution < -0.4 is 5.32 Å². The Morgan fingerprint density at radius 2 is 2.20 bits per heavy atom. The Bertz CT molecular complexity index is 374. The second-order valence-corrected chi connectivity index (χ2v) is 5.24. The second-order valence-electron chi connectivity index (χ2n) is 5.24. The van der Waals surface area contributed by atoms with Crippen molar-refractivity contribution in [2.75, 3.05) is 19.8 Å². The predicted octanol–water partition coefficient (Wildman–Crippen LogP) is 3.12. The van der Waals surface area contributed by atoms with Crippen molar-refractivity contribution in [2.45, 2.75) is 32.1 Å². The van der Waals surface area contributed by atoms with Crippen LogP contribution in [0, 0.1) is 5.92 Å². The molecule has 3 heteroatoms. The van der Waals surface area contributed by atoms with Crippen LogP contribution >= 0.6 is 0 Å². The van der Waals surface area contributed by atoms with Gasteiger partial charge in [0.25, 0.3) is 0 Å². The number of hydrogen-bond acceptors (Lipinski definition) is 3. The van der Waals surface area contributed by atoms with Gasteiger partial charge in [0.1, 0.15) is 0 Å². The van der Waals surface area contributed by atoms with Gasteiger partial charge in [0.05, 0.1) is 6.61 Å². The van der Waals surface area contributed by atoms with Crippen LogP contribution in [-0.2, 0) is 16.0 Å². The summed E-state index contributed by atoms with van der Waals surface area (Å²) >= 11 is 0. The zero-order valence-electron chi connectivity index (χ0n) is 12.1. The van der Waals surface area contributed by atoms with E-state index in [2.05, 4.69) is 36.2 Å². The fourth-order valence-corrected chi connectivity index (χ4v) is 2.28. The van der Waals surface area contributed by atoms with Crippen LogP contribution in [0.5, 0.6) is 0 Å². The molecule has 1 fully saturated rings. The van der Waals surface area contributed by atoms with Crippen molar-refractivity contribution in [3.8, 4) is 0 Å². The molecule has 110 valence electrons. The van der Waals surface area contributed by atoms with E-state index >= 15 is 0 Å². The molecule has 0 radical (unpaired) electrons. The van der Waals surface area contributed by atoms with E-state index in [0.29, 0.717) is 12.5 Å². The van der Waals surface area contributed by atoms with Crippen molar-refractivity contribution in [1.29, 1.82) is 0 Å². The summed E-state index contributed by atoms with van der Waals surface area (Å²) in [6.45, 7) is 7.16. The van der Waals surface area contributed by atoms with Gasteiger partial charge in [0.15, 0.2) is 6.29 Å². The minimum atomic E-state index is -0.0136. The Hall–Kier alpha value is -1.16. The second kappa shape index (κ2) is 8.90. The van der Waals surface area contributed by atoms with Gasteiger partial charge in [0.2, 0.25) is 0 Å². The maximum Gasteiger partial charge on any atom is 0.157 e. The molecule has 2 rings (SSSR count). The molecule has 0 amide bonds. The largest absolute Gasteiger partial charge is 0.353 e. The van der Waals surface area contributed by atoms with E-state index in [1.54, 1.807) is 0 Å². The lowest BCUT2D eigenvalue weighted by Crippen LogP contribution is -2.29. The van der Waals surface area contributed by atoms with Gasteiger partial charge >= 0.3 is 0 Å². The first-order valence-corrected chi connectivity index (χ1v) is 7.49. The van der Waals surface area contributed by atoms with E-state index in [1.807, 2.05) is 12.1 Å². The average Bonchev–Trinajstić information content (AvgIpc) is 2.52. The Balaban J connectivity index is 1.63. The minimum absolute atomic E-state index is 0.0136. The normalized spacial score (nSPS) is 20.5. The topological polar surface area (TPSA) is 30.5 Å². The van der Waals surface area contributed by atoms with E-state index in [4.69, 9.17) is 9.47 Å². The molecule has 0 saturated carbocycles. The van der Waals surface area contributed by atoms with Gasteiger partial charge in [-0.1, -0.05) is 36.4 Å². The van der Waals surface area contributed by atoms with Crippen LogP contribution in [0.1, 0.15) is 24.8 Å². The van der Waals surface area contributed by atoms with Crippen LogP contribution in [0.3, 0.4) is 0 Å². The fourth-order valence-electron chi connectivity index (χ4n) is 2.28. The number of ether oxygens (including phenoxy) is 2. The summed E-state index contributed by atoms with van der Waals surface area (Å²) in [5, 5.41) is 3.45. The van der Waals surface area contributed by atoms with Crippen molar-refractivity contribution < 1.29 is 9.47 Å². The number of hydrogen-bond donors (Lipinski definition) is 1. The zero-order valence-corrected chi connectivity index (χ0v) is 12.1. The molecule has 0 spiro atoms. The summed E-state index contributed by atoms with van der Waals surface area (Å²) < 4.78 is 11.4. The summed E-state index contributed by atoms with van der Waals surface area (Å²) in [5.41, 5.74) is 1.30. The van der Waals surface area contributed by atoms with Gasteiger partial charge in [-0.3, -0.25) is 0 Å². The summed E-state index contributed by atoms with van der Waals surface area (Å²) in [6.07, 6.45) is 5.32. The van der Waals surface area contributed by atoms with E-state index in [0.717, 1.165) is 32.5 Å². The Kier molecular flexibility index (Phi) is 6.78. The lowest BCUT2D eigenvalue weighted by atomic mass is 10.1. The number of nitrogens with one attached hydrogen (secondary N) is 1. The molecule has 20 heavy (non-hydrogen) atoms. The van der Waals surface area contributed by atoms with Gasteiger partial charge in [-0.05, 0) is 24.8 Å². The standard InChI is InChI=1S/C17H25NO2/c1-2-15(14-20-17-10-6-7-11-19-17)12-18-13-16-8-4-3-5-9-16/h2-5,8-9,15,17-18H,1,6-7,10-14H2. The molecule has 3 nitrogen and oxygen atoms in total. The van der Waals surface area contributed by atoms with Crippen LogP contribution in [0.2, 0.25) is 0 Å². The molecule has 1 aliphatic rings. The molecule has 1 aromatic rings. The van der Waals surface area contributed by atoms with Gasteiger partial charge in [-0.2, -0.15) is 0 Å². The quantitative estimate of drug-likeness (QED) is 0.739. The maximum absolute atomic E-state index is 5.81. The van der Waals surface area contributed by atoms with E-state index < -0.39 is 0 Å². The van der Waals surface area contributed by atoms with E-state index in [1.165, 1.54) is 12.0 Å². The molecular formula is C17H25NO2. The molecule has 1 saturated heterocycles. The molecule has 2 atom stereocenters. The zero-order chi connectivity index (χ0) is 14.0.